The lowest BCUT2D eigenvalue weighted by molar-refractivity contribution is -0.131. The summed E-state index contributed by atoms with van der Waals surface area (Å²) in [5.74, 6) is -1.13. The number of amides is 1. The number of nitrogens with one attached hydrogen (secondary N) is 1. The number of anilines is 1. The minimum atomic E-state index is -1.18. The molecule has 0 radical (unpaired) electrons. The zero-order chi connectivity index (χ0) is 14.7. The number of carboxylic acids is 1. The fraction of sp³-hybridized carbons (Fsp3) is 0.357. The Labute approximate surface area is 120 Å². The molecular formula is C14H14N2O3S. The van der Waals surface area contributed by atoms with Crippen LogP contribution in [0.2, 0.25) is 0 Å². The molecule has 0 bridgehead atoms. The lowest BCUT2D eigenvalue weighted by Gasteiger charge is -2.17. The molecule has 1 aliphatic rings. The Morgan fingerprint density at radius 2 is 2.25 bits per heavy atom. The van der Waals surface area contributed by atoms with Crippen LogP contribution >= 0.6 is 11.3 Å². The SMILES string of the molecule is CC1CCc2c(sc(NC(=O)C=CC(=O)O)c2C#N)C1. The summed E-state index contributed by atoms with van der Waals surface area (Å²) in [6, 6.07) is 2.14. The summed E-state index contributed by atoms with van der Waals surface area (Å²) in [7, 11) is 0. The van der Waals surface area contributed by atoms with Crippen molar-refractivity contribution in [2.75, 3.05) is 5.32 Å². The van der Waals surface area contributed by atoms with Gasteiger partial charge in [0.05, 0.1) is 5.56 Å². The molecule has 0 saturated carbocycles. The first-order valence-corrected chi connectivity index (χ1v) is 7.09. The first-order valence-electron chi connectivity index (χ1n) is 6.28. The number of hydrogen-bond acceptors (Lipinski definition) is 4. The second-order valence-corrected chi connectivity index (χ2v) is 5.93. The Morgan fingerprint density at radius 1 is 1.50 bits per heavy atom. The van der Waals surface area contributed by atoms with Crippen molar-refractivity contribution in [2.45, 2.75) is 26.2 Å². The van der Waals surface area contributed by atoms with Gasteiger partial charge < -0.3 is 10.4 Å². The number of fused-ring (bicyclic) bond motifs is 1. The van der Waals surface area contributed by atoms with Crippen LogP contribution in [-0.4, -0.2) is 17.0 Å². The molecule has 1 atom stereocenters. The number of carbonyl (C=O) groups is 2. The summed E-state index contributed by atoms with van der Waals surface area (Å²) in [5.41, 5.74) is 1.56. The van der Waals surface area contributed by atoms with Crippen molar-refractivity contribution in [1.29, 1.82) is 5.26 Å². The van der Waals surface area contributed by atoms with Crippen molar-refractivity contribution in [2.24, 2.45) is 5.92 Å². The molecule has 1 aromatic rings. The fourth-order valence-electron chi connectivity index (χ4n) is 2.26. The van der Waals surface area contributed by atoms with Crippen molar-refractivity contribution >= 4 is 28.2 Å². The molecule has 1 heterocycles. The number of thiophene rings is 1. The molecule has 2 N–H and O–H groups in total. The summed E-state index contributed by atoms with van der Waals surface area (Å²) in [5, 5.41) is 20.8. The third-order valence-corrected chi connectivity index (χ3v) is 4.41. The number of nitrogens with zero attached hydrogens (tertiary/aromatic N) is 1. The van der Waals surface area contributed by atoms with Crippen LogP contribution < -0.4 is 5.32 Å². The van der Waals surface area contributed by atoms with E-state index < -0.39 is 11.9 Å². The van der Waals surface area contributed by atoms with Gasteiger partial charge in [-0.15, -0.1) is 11.3 Å². The highest BCUT2D eigenvalue weighted by atomic mass is 32.1. The van der Waals surface area contributed by atoms with Crippen LogP contribution in [0.25, 0.3) is 0 Å². The van der Waals surface area contributed by atoms with E-state index in [9.17, 15) is 14.9 Å². The maximum absolute atomic E-state index is 11.6. The molecule has 0 aromatic carbocycles. The van der Waals surface area contributed by atoms with Gasteiger partial charge >= 0.3 is 5.97 Å². The van der Waals surface area contributed by atoms with Crippen LogP contribution in [0, 0.1) is 17.2 Å². The van der Waals surface area contributed by atoms with Crippen molar-refractivity contribution in [3.63, 3.8) is 0 Å². The molecule has 1 aliphatic carbocycles. The van der Waals surface area contributed by atoms with Crippen molar-refractivity contribution in [3.8, 4) is 6.07 Å². The fourth-order valence-corrected chi connectivity index (χ4v) is 3.62. The Kier molecular flexibility index (Phi) is 4.20. The molecule has 104 valence electrons. The van der Waals surface area contributed by atoms with Crippen LogP contribution in [0.1, 0.15) is 29.3 Å². The summed E-state index contributed by atoms with van der Waals surface area (Å²) in [6.07, 6.45) is 4.55. The van der Waals surface area contributed by atoms with Gasteiger partial charge in [-0.25, -0.2) is 4.79 Å². The van der Waals surface area contributed by atoms with Crippen LogP contribution in [0.3, 0.4) is 0 Å². The molecule has 5 nitrogen and oxygen atoms in total. The minimum absolute atomic E-state index is 0.520. The highest BCUT2D eigenvalue weighted by molar-refractivity contribution is 7.16. The minimum Gasteiger partial charge on any atom is -0.478 e. The molecule has 2 rings (SSSR count). The standard InChI is InChI=1S/C14H14N2O3S/c1-8-2-3-9-10(7-15)14(20-11(9)6-8)16-12(17)4-5-13(18)19/h4-5,8H,2-3,6H2,1H3,(H,16,17)(H,18,19). The van der Waals surface area contributed by atoms with Crippen LogP contribution in [0.5, 0.6) is 0 Å². The normalized spacial score (nSPS) is 17.5. The number of carbonyl (C=O) groups excluding carboxylic acids is 1. The van der Waals surface area contributed by atoms with E-state index in [-0.39, 0.29) is 0 Å². The van der Waals surface area contributed by atoms with E-state index >= 15 is 0 Å². The predicted octanol–water partition coefficient (Wildman–Crippen LogP) is 2.32. The van der Waals surface area contributed by atoms with E-state index in [1.807, 2.05) is 0 Å². The van der Waals surface area contributed by atoms with Gasteiger partial charge in [-0.2, -0.15) is 5.26 Å². The largest absolute Gasteiger partial charge is 0.478 e. The first kappa shape index (κ1) is 14.3. The molecular weight excluding hydrogens is 276 g/mol. The van der Waals surface area contributed by atoms with Crippen LogP contribution in [0.15, 0.2) is 12.2 Å². The number of hydrogen-bond donors (Lipinski definition) is 2. The Morgan fingerprint density at radius 3 is 2.90 bits per heavy atom. The molecule has 0 spiro atoms. The first-order chi connectivity index (χ1) is 9.51. The van der Waals surface area contributed by atoms with Gasteiger partial charge in [0, 0.05) is 17.0 Å². The van der Waals surface area contributed by atoms with Gasteiger partial charge in [0.2, 0.25) is 5.91 Å². The number of rotatable bonds is 3. The Bertz CT molecular complexity index is 625. The summed E-state index contributed by atoms with van der Waals surface area (Å²) >= 11 is 1.42. The molecule has 0 saturated heterocycles. The van der Waals surface area contributed by atoms with E-state index in [1.165, 1.54) is 11.3 Å². The average Bonchev–Trinajstić information content (AvgIpc) is 2.72. The summed E-state index contributed by atoms with van der Waals surface area (Å²) in [4.78, 5) is 23.1. The third kappa shape index (κ3) is 3.06. The maximum atomic E-state index is 11.6. The van der Waals surface area contributed by atoms with Crippen LogP contribution in [0.4, 0.5) is 5.00 Å². The summed E-state index contributed by atoms with van der Waals surface area (Å²) in [6.45, 7) is 2.17. The Hall–Kier alpha value is -2.13. The highest BCUT2D eigenvalue weighted by Gasteiger charge is 2.24. The second kappa shape index (κ2) is 5.88. The molecule has 0 fully saturated rings. The lowest BCUT2D eigenvalue weighted by atomic mass is 9.89. The van der Waals surface area contributed by atoms with Gasteiger partial charge in [0.15, 0.2) is 0 Å². The number of carboxylic acid groups (broad SMARTS) is 1. The van der Waals surface area contributed by atoms with Gasteiger partial charge in [-0.3, -0.25) is 4.79 Å². The second-order valence-electron chi connectivity index (χ2n) is 4.83. The number of nitriles is 1. The number of aliphatic carboxylic acids is 1. The van der Waals surface area contributed by atoms with E-state index in [2.05, 4.69) is 18.3 Å². The smallest absolute Gasteiger partial charge is 0.328 e. The van der Waals surface area contributed by atoms with Gasteiger partial charge in [0.25, 0.3) is 0 Å². The molecule has 6 heteroatoms. The molecule has 20 heavy (non-hydrogen) atoms. The van der Waals surface area contributed by atoms with E-state index in [4.69, 9.17) is 5.11 Å². The van der Waals surface area contributed by atoms with Gasteiger partial charge in [0.1, 0.15) is 11.1 Å². The zero-order valence-corrected chi connectivity index (χ0v) is 11.8. The molecule has 0 aliphatic heterocycles. The quantitative estimate of drug-likeness (QED) is 0.836. The third-order valence-electron chi connectivity index (χ3n) is 3.24. The van der Waals surface area contributed by atoms with E-state index in [0.717, 1.165) is 41.9 Å². The van der Waals surface area contributed by atoms with Crippen molar-refractivity contribution in [3.05, 3.63) is 28.2 Å². The van der Waals surface area contributed by atoms with Gasteiger partial charge in [-0.1, -0.05) is 6.92 Å². The predicted molar refractivity (Wildman–Crippen MR) is 75.6 cm³/mol. The molecule has 1 aromatic heterocycles. The topological polar surface area (TPSA) is 90.2 Å². The van der Waals surface area contributed by atoms with Gasteiger partial charge in [-0.05, 0) is 30.7 Å². The van der Waals surface area contributed by atoms with E-state index in [1.54, 1.807) is 0 Å². The average molecular weight is 290 g/mol. The van der Waals surface area contributed by atoms with Crippen molar-refractivity contribution < 1.29 is 14.7 Å². The molecule has 1 amide bonds. The monoisotopic (exact) mass is 290 g/mol. The molecule has 1 unspecified atom stereocenters. The maximum Gasteiger partial charge on any atom is 0.328 e. The Balaban J connectivity index is 2.23. The van der Waals surface area contributed by atoms with Crippen LogP contribution in [-0.2, 0) is 22.4 Å². The van der Waals surface area contributed by atoms with Crippen molar-refractivity contribution in [1.82, 2.24) is 0 Å². The highest BCUT2D eigenvalue weighted by Crippen LogP contribution is 2.39. The lowest BCUT2D eigenvalue weighted by Crippen LogP contribution is -2.10. The zero-order valence-electron chi connectivity index (χ0n) is 11.0. The van der Waals surface area contributed by atoms with E-state index in [0.29, 0.717) is 16.5 Å². The summed E-state index contributed by atoms with van der Waals surface area (Å²) < 4.78 is 0.